The van der Waals surface area contributed by atoms with Gasteiger partial charge < -0.3 is 35.3 Å². The third kappa shape index (κ3) is 10.2. The largest absolute Gasteiger partial charge is 0.465 e. The summed E-state index contributed by atoms with van der Waals surface area (Å²) in [6.45, 7) is 5.68. The summed E-state index contributed by atoms with van der Waals surface area (Å²) in [5.41, 5.74) is 6.40. The Morgan fingerprint density at radius 2 is 1.56 bits per heavy atom. The third-order valence-electron chi connectivity index (χ3n) is 8.31. The van der Waals surface area contributed by atoms with Crippen LogP contribution in [-0.4, -0.2) is 48.0 Å². The first-order valence-corrected chi connectivity index (χ1v) is 17.6. The molecule has 11 heteroatoms. The Hall–Kier alpha value is -4.68. The minimum absolute atomic E-state index is 0.0225. The van der Waals surface area contributed by atoms with Crippen LogP contribution in [0.4, 0.5) is 10.5 Å². The van der Waals surface area contributed by atoms with Crippen molar-refractivity contribution in [2.75, 3.05) is 24.2 Å². The minimum atomic E-state index is -0.598. The Morgan fingerprint density at radius 1 is 0.840 bits per heavy atom. The summed E-state index contributed by atoms with van der Waals surface area (Å²) in [5, 5.41) is 17.6. The van der Waals surface area contributed by atoms with Gasteiger partial charge in [0.05, 0.1) is 25.4 Å². The standard InChI is InChI=1S/C39H43N3O7S/c1-4-47-36(45)22-41-39(46)40-21-28-6-5-7-32(20-28)29-12-14-31(15-13-29)38-48-35(24-50-34-18-16-33(17-19-34)42-26(3)44)25(2)37(49-38)30-10-8-27(23-43)9-11-30/h5-20,25,35,37-38,43H,4,21-24H2,1-3H3,(H,42,44)(H2,40,41,46)/t25-,35+,37+,38+/m1/s1. The SMILES string of the molecule is CCOC(=O)CNC(=O)NCc1cccc(-c2ccc([C@H]3O[C@@H](CSc4ccc(NC(C)=O)cc4)[C@@H](C)[C@@H](c4ccc(CO)cc4)O3)cc2)c1. The summed E-state index contributed by atoms with van der Waals surface area (Å²) in [5.74, 6) is 0.148. The summed E-state index contributed by atoms with van der Waals surface area (Å²) in [4.78, 5) is 36.1. The number of urea groups is 1. The van der Waals surface area contributed by atoms with E-state index >= 15 is 0 Å². The summed E-state index contributed by atoms with van der Waals surface area (Å²) in [6, 6.07) is 31.2. The first-order valence-electron chi connectivity index (χ1n) is 16.6. The van der Waals surface area contributed by atoms with Crippen molar-refractivity contribution in [2.45, 2.75) is 57.3 Å². The van der Waals surface area contributed by atoms with Crippen LogP contribution in [0, 0.1) is 5.92 Å². The van der Waals surface area contributed by atoms with Gasteiger partial charge >= 0.3 is 12.0 Å². The van der Waals surface area contributed by atoms with Crippen molar-refractivity contribution in [3.05, 3.63) is 119 Å². The van der Waals surface area contributed by atoms with Gasteiger partial charge in [0.1, 0.15) is 6.54 Å². The Morgan fingerprint density at radius 3 is 2.24 bits per heavy atom. The molecular weight excluding hydrogens is 655 g/mol. The van der Waals surface area contributed by atoms with E-state index in [1.807, 2.05) is 97.1 Å². The van der Waals surface area contributed by atoms with Gasteiger partial charge in [-0.25, -0.2) is 4.79 Å². The van der Waals surface area contributed by atoms with Gasteiger partial charge in [0, 0.05) is 41.3 Å². The van der Waals surface area contributed by atoms with E-state index in [0.717, 1.165) is 44.0 Å². The molecule has 1 saturated heterocycles. The van der Waals surface area contributed by atoms with E-state index < -0.39 is 18.3 Å². The zero-order valence-corrected chi connectivity index (χ0v) is 29.2. The number of hydrogen-bond acceptors (Lipinski definition) is 8. The van der Waals surface area contributed by atoms with E-state index in [4.69, 9.17) is 14.2 Å². The van der Waals surface area contributed by atoms with Crippen molar-refractivity contribution in [2.24, 2.45) is 5.92 Å². The highest BCUT2D eigenvalue weighted by atomic mass is 32.2. The van der Waals surface area contributed by atoms with Crippen molar-refractivity contribution in [3.63, 3.8) is 0 Å². The number of amides is 3. The van der Waals surface area contributed by atoms with Gasteiger partial charge in [-0.2, -0.15) is 0 Å². The monoisotopic (exact) mass is 697 g/mol. The molecule has 0 unspecified atom stereocenters. The Kier molecular flexibility index (Phi) is 13.0. The summed E-state index contributed by atoms with van der Waals surface area (Å²) in [6.07, 6.45) is -0.957. The lowest BCUT2D eigenvalue weighted by Gasteiger charge is -2.41. The van der Waals surface area contributed by atoms with Crippen LogP contribution in [0.2, 0.25) is 0 Å². The topological polar surface area (TPSA) is 135 Å². The number of hydrogen-bond donors (Lipinski definition) is 4. The molecule has 1 aliphatic heterocycles. The molecule has 262 valence electrons. The summed E-state index contributed by atoms with van der Waals surface area (Å²) in [7, 11) is 0. The maximum absolute atomic E-state index is 12.1. The molecule has 0 spiro atoms. The van der Waals surface area contributed by atoms with E-state index in [1.165, 1.54) is 6.92 Å². The number of esters is 1. The number of aliphatic hydroxyl groups is 1. The number of carbonyl (C=O) groups is 3. The van der Waals surface area contributed by atoms with Crippen LogP contribution in [-0.2, 0) is 37.0 Å². The molecule has 10 nitrogen and oxygen atoms in total. The van der Waals surface area contributed by atoms with Gasteiger partial charge in [0.25, 0.3) is 0 Å². The van der Waals surface area contributed by atoms with Crippen molar-refractivity contribution in [1.82, 2.24) is 10.6 Å². The number of nitrogens with one attached hydrogen (secondary N) is 3. The van der Waals surface area contributed by atoms with Gasteiger partial charge in [0.15, 0.2) is 6.29 Å². The highest BCUT2D eigenvalue weighted by molar-refractivity contribution is 7.99. The van der Waals surface area contributed by atoms with Crippen LogP contribution >= 0.6 is 11.8 Å². The Labute approximate surface area is 296 Å². The highest BCUT2D eigenvalue weighted by Gasteiger charge is 2.38. The minimum Gasteiger partial charge on any atom is -0.465 e. The van der Waals surface area contributed by atoms with Crippen molar-refractivity contribution in [1.29, 1.82) is 0 Å². The zero-order chi connectivity index (χ0) is 35.5. The molecule has 3 amide bonds. The van der Waals surface area contributed by atoms with E-state index in [1.54, 1.807) is 18.7 Å². The predicted octanol–water partition coefficient (Wildman–Crippen LogP) is 6.75. The molecule has 0 aromatic heterocycles. The van der Waals surface area contributed by atoms with Crippen LogP contribution < -0.4 is 16.0 Å². The normalized spacial score (nSPS) is 18.6. The van der Waals surface area contributed by atoms with Gasteiger partial charge in [-0.15, -0.1) is 11.8 Å². The molecule has 1 heterocycles. The second-order valence-corrected chi connectivity index (χ2v) is 13.1. The molecule has 0 aliphatic carbocycles. The molecule has 4 aromatic rings. The average molecular weight is 698 g/mol. The molecule has 0 bridgehead atoms. The molecule has 1 aliphatic rings. The Balaban J connectivity index is 1.27. The van der Waals surface area contributed by atoms with Crippen molar-refractivity contribution >= 4 is 35.4 Å². The second-order valence-electron chi connectivity index (χ2n) is 12.0. The number of aliphatic hydroxyl groups excluding tert-OH is 1. The highest BCUT2D eigenvalue weighted by Crippen LogP contribution is 2.43. The summed E-state index contributed by atoms with van der Waals surface area (Å²) < 4.78 is 18.1. The fraction of sp³-hybridized carbons (Fsp3) is 0.308. The molecule has 0 saturated carbocycles. The first-order chi connectivity index (χ1) is 24.2. The fourth-order valence-electron chi connectivity index (χ4n) is 5.63. The number of ether oxygens (including phenoxy) is 3. The molecule has 1 fully saturated rings. The number of carbonyl (C=O) groups excluding carboxylic acids is 3. The van der Waals surface area contributed by atoms with Crippen LogP contribution in [0.25, 0.3) is 11.1 Å². The molecule has 4 N–H and O–H groups in total. The fourth-order valence-corrected chi connectivity index (χ4v) is 6.70. The molecule has 50 heavy (non-hydrogen) atoms. The first kappa shape index (κ1) is 36.6. The van der Waals surface area contributed by atoms with Crippen molar-refractivity contribution in [3.8, 4) is 11.1 Å². The number of rotatable bonds is 13. The van der Waals surface area contributed by atoms with E-state index in [9.17, 15) is 19.5 Å². The molecular formula is C39H43N3O7S. The van der Waals surface area contributed by atoms with E-state index in [2.05, 4.69) is 22.9 Å². The van der Waals surface area contributed by atoms with Crippen LogP contribution in [0.1, 0.15) is 55.4 Å². The van der Waals surface area contributed by atoms with Crippen LogP contribution in [0.15, 0.2) is 102 Å². The zero-order valence-electron chi connectivity index (χ0n) is 28.4. The maximum Gasteiger partial charge on any atom is 0.325 e. The average Bonchev–Trinajstić information content (AvgIpc) is 3.13. The van der Waals surface area contributed by atoms with Gasteiger partial charge in [-0.05, 0) is 65.1 Å². The molecule has 0 radical (unpaired) electrons. The van der Waals surface area contributed by atoms with Gasteiger partial charge in [0.2, 0.25) is 5.91 Å². The number of thioether (sulfide) groups is 1. The molecule has 4 atom stereocenters. The number of anilines is 1. The van der Waals surface area contributed by atoms with E-state index in [0.29, 0.717) is 12.3 Å². The molecule has 4 aromatic carbocycles. The molecule has 5 rings (SSSR count). The third-order valence-corrected chi connectivity index (χ3v) is 9.41. The van der Waals surface area contributed by atoms with E-state index in [-0.39, 0.29) is 43.8 Å². The Bertz CT molecular complexity index is 1730. The quantitative estimate of drug-likeness (QED) is 0.0891. The lowest BCUT2D eigenvalue weighted by atomic mass is 9.91. The lowest BCUT2D eigenvalue weighted by molar-refractivity contribution is -0.268. The lowest BCUT2D eigenvalue weighted by Crippen LogP contribution is -2.38. The maximum atomic E-state index is 12.1. The van der Waals surface area contributed by atoms with Crippen LogP contribution in [0.3, 0.4) is 0 Å². The second kappa shape index (κ2) is 17.8. The van der Waals surface area contributed by atoms with Crippen molar-refractivity contribution < 1.29 is 33.7 Å². The summed E-state index contributed by atoms with van der Waals surface area (Å²) >= 11 is 1.69. The predicted molar refractivity (Wildman–Crippen MR) is 193 cm³/mol. The number of benzene rings is 4. The van der Waals surface area contributed by atoms with Gasteiger partial charge in [-0.1, -0.05) is 73.7 Å². The smallest absolute Gasteiger partial charge is 0.325 e. The van der Waals surface area contributed by atoms with Gasteiger partial charge in [-0.3, -0.25) is 9.59 Å². The van der Waals surface area contributed by atoms with Crippen LogP contribution in [0.5, 0.6) is 0 Å².